The highest BCUT2D eigenvalue weighted by molar-refractivity contribution is 7.89. The minimum absolute atomic E-state index is 0.114. The summed E-state index contributed by atoms with van der Waals surface area (Å²) in [6.45, 7) is 4.66. The zero-order valence-electron chi connectivity index (χ0n) is 12.7. The third-order valence-corrected chi connectivity index (χ3v) is 5.94. The molecule has 4 nitrogen and oxygen atoms in total. The Labute approximate surface area is 126 Å². The minimum Gasteiger partial charge on any atom is -0.316 e. The van der Waals surface area contributed by atoms with E-state index in [1.54, 1.807) is 13.1 Å². The van der Waals surface area contributed by atoms with Gasteiger partial charge in [0.15, 0.2) is 0 Å². The topological polar surface area (TPSA) is 58.2 Å². The second-order valence-corrected chi connectivity index (χ2v) is 7.62. The van der Waals surface area contributed by atoms with Crippen LogP contribution in [0.4, 0.5) is 4.39 Å². The molecule has 1 aromatic carbocycles. The molecule has 1 aromatic rings. The summed E-state index contributed by atoms with van der Waals surface area (Å²) in [6, 6.07) is 4.09. The van der Waals surface area contributed by atoms with E-state index in [4.69, 9.17) is 0 Å². The zero-order chi connectivity index (χ0) is 15.6. The molecule has 2 N–H and O–H groups in total. The van der Waals surface area contributed by atoms with Crippen LogP contribution in [0.15, 0.2) is 23.1 Å². The highest BCUT2D eigenvalue weighted by atomic mass is 32.2. The molecule has 1 aliphatic carbocycles. The second kappa shape index (κ2) is 6.42. The molecule has 21 heavy (non-hydrogen) atoms. The average molecular weight is 314 g/mol. The Kier molecular flexibility index (Phi) is 5.01. The van der Waals surface area contributed by atoms with E-state index in [1.165, 1.54) is 12.1 Å². The first-order chi connectivity index (χ1) is 9.85. The highest BCUT2D eigenvalue weighted by Gasteiger charge is 2.33. The number of sulfonamides is 1. The van der Waals surface area contributed by atoms with E-state index in [9.17, 15) is 12.8 Å². The fraction of sp³-hybridized carbons (Fsp3) is 0.600. The van der Waals surface area contributed by atoms with Gasteiger partial charge in [-0.1, -0.05) is 19.9 Å². The monoisotopic (exact) mass is 314 g/mol. The summed E-state index contributed by atoms with van der Waals surface area (Å²) in [7, 11) is -2.06. The largest absolute Gasteiger partial charge is 0.316 e. The molecule has 0 radical (unpaired) electrons. The Morgan fingerprint density at radius 2 is 2.00 bits per heavy atom. The molecule has 1 fully saturated rings. The maximum absolute atomic E-state index is 13.9. The Bertz CT molecular complexity index is 604. The van der Waals surface area contributed by atoms with Crippen LogP contribution >= 0.6 is 0 Å². The van der Waals surface area contributed by atoms with Gasteiger partial charge in [-0.25, -0.2) is 17.5 Å². The molecule has 2 rings (SSSR count). The molecule has 3 atom stereocenters. The van der Waals surface area contributed by atoms with Crippen molar-refractivity contribution in [3.63, 3.8) is 0 Å². The molecule has 0 heterocycles. The van der Waals surface area contributed by atoms with Crippen LogP contribution in [0, 0.1) is 17.7 Å². The predicted octanol–water partition coefficient (Wildman–Crippen LogP) is 2.26. The molecule has 0 saturated heterocycles. The summed E-state index contributed by atoms with van der Waals surface area (Å²) < 4.78 is 41.5. The average Bonchev–Trinajstić information content (AvgIpc) is 2.72. The van der Waals surface area contributed by atoms with Gasteiger partial charge in [0.05, 0.1) is 0 Å². The van der Waals surface area contributed by atoms with Gasteiger partial charge in [-0.05, 0) is 49.4 Å². The van der Waals surface area contributed by atoms with E-state index in [-0.39, 0.29) is 16.9 Å². The number of halogens is 1. The number of hydrogen-bond donors (Lipinski definition) is 2. The van der Waals surface area contributed by atoms with Crippen LogP contribution in [0.1, 0.15) is 32.3 Å². The van der Waals surface area contributed by atoms with E-state index in [2.05, 4.69) is 17.0 Å². The maximum atomic E-state index is 13.9. The van der Waals surface area contributed by atoms with Crippen LogP contribution in [0.5, 0.6) is 0 Å². The first-order valence-electron chi connectivity index (χ1n) is 7.30. The molecule has 0 bridgehead atoms. The molecular formula is C15H23FN2O2S. The Morgan fingerprint density at radius 3 is 2.57 bits per heavy atom. The summed E-state index contributed by atoms with van der Waals surface area (Å²) >= 11 is 0. The molecular weight excluding hydrogens is 291 g/mol. The summed E-state index contributed by atoms with van der Waals surface area (Å²) in [6.07, 6.45) is 1.80. The lowest BCUT2D eigenvalue weighted by Crippen LogP contribution is -2.37. The summed E-state index contributed by atoms with van der Waals surface area (Å²) in [5.41, 5.74) is 0.743. The number of rotatable bonds is 5. The van der Waals surface area contributed by atoms with Crippen LogP contribution < -0.4 is 10.0 Å². The van der Waals surface area contributed by atoms with Gasteiger partial charge >= 0.3 is 0 Å². The van der Waals surface area contributed by atoms with Gasteiger partial charge in [-0.15, -0.1) is 0 Å². The lowest BCUT2D eigenvalue weighted by Gasteiger charge is -2.20. The van der Waals surface area contributed by atoms with Gasteiger partial charge in [-0.2, -0.15) is 0 Å². The molecule has 118 valence electrons. The molecule has 0 spiro atoms. The summed E-state index contributed by atoms with van der Waals surface area (Å²) in [5.74, 6) is 0.0440. The molecule has 1 aliphatic rings. The molecule has 0 aliphatic heterocycles. The second-order valence-electron chi connectivity index (χ2n) is 5.94. The SMILES string of the molecule is CNCc1ccc(F)c(S(=O)(=O)NC2CCC(C)C2C)c1. The Balaban J connectivity index is 2.25. The van der Waals surface area contributed by atoms with Gasteiger partial charge in [0.2, 0.25) is 10.0 Å². The third kappa shape index (κ3) is 3.62. The fourth-order valence-corrected chi connectivity index (χ4v) is 4.35. The van der Waals surface area contributed by atoms with E-state index < -0.39 is 15.8 Å². The van der Waals surface area contributed by atoms with Gasteiger partial charge in [-0.3, -0.25) is 0 Å². The Morgan fingerprint density at radius 1 is 1.29 bits per heavy atom. The first-order valence-corrected chi connectivity index (χ1v) is 8.79. The predicted molar refractivity (Wildman–Crippen MR) is 80.8 cm³/mol. The Hall–Kier alpha value is -0.980. The van der Waals surface area contributed by atoms with Crippen molar-refractivity contribution in [2.75, 3.05) is 7.05 Å². The van der Waals surface area contributed by atoms with Gasteiger partial charge in [0.25, 0.3) is 0 Å². The summed E-state index contributed by atoms with van der Waals surface area (Å²) in [5, 5.41) is 2.93. The first kappa shape index (κ1) is 16.4. The van der Waals surface area contributed by atoms with Crippen molar-refractivity contribution in [1.29, 1.82) is 0 Å². The van der Waals surface area contributed by atoms with Crippen LogP contribution in [0.25, 0.3) is 0 Å². The van der Waals surface area contributed by atoms with Crippen molar-refractivity contribution in [3.05, 3.63) is 29.6 Å². The fourth-order valence-electron chi connectivity index (χ4n) is 2.86. The van der Waals surface area contributed by atoms with Crippen molar-refractivity contribution in [3.8, 4) is 0 Å². The van der Waals surface area contributed by atoms with Crippen LogP contribution in [-0.2, 0) is 16.6 Å². The summed E-state index contributed by atoms with van der Waals surface area (Å²) in [4.78, 5) is -0.262. The van der Waals surface area contributed by atoms with E-state index >= 15 is 0 Å². The van der Waals surface area contributed by atoms with E-state index in [0.717, 1.165) is 18.4 Å². The lowest BCUT2D eigenvalue weighted by atomic mass is 9.98. The maximum Gasteiger partial charge on any atom is 0.243 e. The number of benzene rings is 1. The molecule has 6 heteroatoms. The molecule has 0 aromatic heterocycles. The van der Waals surface area contributed by atoms with Crippen molar-refractivity contribution in [1.82, 2.24) is 10.0 Å². The third-order valence-electron chi connectivity index (χ3n) is 4.44. The van der Waals surface area contributed by atoms with Crippen molar-refractivity contribution >= 4 is 10.0 Å². The normalized spacial score (nSPS) is 26.2. The van der Waals surface area contributed by atoms with Crippen LogP contribution in [0.2, 0.25) is 0 Å². The molecule has 0 amide bonds. The quantitative estimate of drug-likeness (QED) is 0.876. The zero-order valence-corrected chi connectivity index (χ0v) is 13.5. The van der Waals surface area contributed by atoms with Crippen molar-refractivity contribution < 1.29 is 12.8 Å². The smallest absolute Gasteiger partial charge is 0.243 e. The highest BCUT2D eigenvalue weighted by Crippen LogP contribution is 2.32. The molecule has 1 saturated carbocycles. The van der Waals surface area contributed by atoms with Gasteiger partial charge in [0, 0.05) is 12.6 Å². The van der Waals surface area contributed by atoms with Gasteiger partial charge in [0.1, 0.15) is 10.7 Å². The van der Waals surface area contributed by atoms with Crippen LogP contribution in [0.3, 0.4) is 0 Å². The number of nitrogens with one attached hydrogen (secondary N) is 2. The molecule has 3 unspecified atom stereocenters. The lowest BCUT2D eigenvalue weighted by molar-refractivity contribution is 0.401. The minimum atomic E-state index is -3.82. The van der Waals surface area contributed by atoms with Crippen LogP contribution in [-0.4, -0.2) is 21.5 Å². The van der Waals surface area contributed by atoms with Gasteiger partial charge < -0.3 is 5.32 Å². The number of hydrogen-bond acceptors (Lipinski definition) is 3. The standard InChI is InChI=1S/C15H23FN2O2S/c1-10-4-7-14(11(10)2)18-21(19,20)15-8-12(9-17-3)5-6-13(15)16/h5-6,8,10-11,14,17-18H,4,7,9H2,1-3H3. The van der Waals surface area contributed by atoms with Crippen molar-refractivity contribution in [2.24, 2.45) is 11.8 Å². The van der Waals surface area contributed by atoms with E-state index in [0.29, 0.717) is 12.5 Å². The van der Waals surface area contributed by atoms with Crippen molar-refractivity contribution in [2.45, 2.75) is 44.2 Å². The van der Waals surface area contributed by atoms with E-state index in [1.807, 2.05) is 6.92 Å².